The van der Waals surface area contributed by atoms with Crippen LogP contribution < -0.4 is 17.0 Å². The fraction of sp³-hybridized carbons (Fsp3) is 0.875. The normalized spacial score (nSPS) is 21.0. The van der Waals surface area contributed by atoms with Gasteiger partial charge in [-0.05, 0) is 5.92 Å². The first-order valence-corrected chi connectivity index (χ1v) is 3.60. The Morgan fingerprint density at radius 3 is 1.90 bits per heavy atom. The third kappa shape index (κ3) is 4.97. The van der Waals surface area contributed by atoms with Crippen molar-refractivity contribution in [3.8, 4) is 0 Å². The van der Waals surface area contributed by atoms with Crippen molar-refractivity contribution in [1.29, 1.82) is 0 Å². The standard InChI is InChI=1S/C8H15.BrH.Mg/c1-7-3-5-8(2)6-4-7;;/h7H,3-6H2,1-2H3;1H;/q-1;;+2/p-1. The first kappa shape index (κ1) is 13.8. The predicted octanol–water partition coefficient (Wildman–Crippen LogP) is -0.586. The van der Waals surface area contributed by atoms with Gasteiger partial charge in [-0.3, -0.25) is 0 Å². The van der Waals surface area contributed by atoms with E-state index in [1.165, 1.54) is 25.7 Å². The zero-order valence-corrected chi connectivity index (χ0v) is 9.99. The second-order valence-electron chi connectivity index (χ2n) is 3.14. The molecule has 0 unspecified atom stereocenters. The Labute approximate surface area is 91.1 Å². The Kier molecular flexibility index (Phi) is 9.57. The van der Waals surface area contributed by atoms with E-state index in [1.54, 1.807) is 5.92 Å². The van der Waals surface area contributed by atoms with Crippen LogP contribution in [0.5, 0.6) is 0 Å². The maximum Gasteiger partial charge on any atom is 2.00 e. The van der Waals surface area contributed by atoms with Crippen LogP contribution in [-0.4, -0.2) is 23.1 Å². The van der Waals surface area contributed by atoms with Crippen molar-refractivity contribution in [2.24, 2.45) is 5.92 Å². The number of halogens is 1. The zero-order valence-electron chi connectivity index (χ0n) is 6.99. The smallest absolute Gasteiger partial charge is 1.00 e. The molecule has 0 aromatic rings. The molecule has 1 aliphatic carbocycles. The minimum Gasteiger partial charge on any atom is -1.00 e. The van der Waals surface area contributed by atoms with E-state index < -0.39 is 0 Å². The van der Waals surface area contributed by atoms with Crippen LogP contribution in [0, 0.1) is 11.8 Å². The molecule has 56 valence electrons. The molecule has 0 radical (unpaired) electrons. The van der Waals surface area contributed by atoms with Gasteiger partial charge in [-0.15, -0.1) is 0 Å². The van der Waals surface area contributed by atoms with Crippen LogP contribution in [0.4, 0.5) is 0 Å². The molecule has 0 saturated heterocycles. The van der Waals surface area contributed by atoms with E-state index in [2.05, 4.69) is 13.8 Å². The summed E-state index contributed by atoms with van der Waals surface area (Å²) in [5, 5.41) is 0. The molecular formula is C8H15BrMg. The van der Waals surface area contributed by atoms with Gasteiger partial charge in [0.15, 0.2) is 0 Å². The minimum absolute atomic E-state index is 0. The van der Waals surface area contributed by atoms with Gasteiger partial charge in [-0.25, -0.2) is 0 Å². The molecule has 0 spiro atoms. The van der Waals surface area contributed by atoms with Gasteiger partial charge in [-0.1, -0.05) is 19.8 Å². The van der Waals surface area contributed by atoms with Crippen LogP contribution in [-0.2, 0) is 0 Å². The number of hydrogen-bond donors (Lipinski definition) is 0. The molecule has 1 fully saturated rings. The van der Waals surface area contributed by atoms with E-state index in [-0.39, 0.29) is 40.0 Å². The van der Waals surface area contributed by atoms with Gasteiger partial charge in [0.05, 0.1) is 0 Å². The maximum absolute atomic E-state index is 2.35. The van der Waals surface area contributed by atoms with E-state index >= 15 is 0 Å². The first-order chi connectivity index (χ1) is 3.79. The third-order valence-corrected chi connectivity index (χ3v) is 2.13. The van der Waals surface area contributed by atoms with Gasteiger partial charge in [0.25, 0.3) is 0 Å². The molecule has 1 rings (SSSR count). The molecule has 0 aliphatic heterocycles. The van der Waals surface area contributed by atoms with E-state index in [1.807, 2.05) is 0 Å². The molecule has 0 amide bonds. The zero-order chi connectivity index (χ0) is 5.98. The molecule has 2 heteroatoms. The van der Waals surface area contributed by atoms with Crippen molar-refractivity contribution < 1.29 is 17.0 Å². The molecule has 0 heterocycles. The van der Waals surface area contributed by atoms with Crippen LogP contribution in [0.3, 0.4) is 0 Å². The molecular weight excluding hydrogens is 200 g/mol. The van der Waals surface area contributed by atoms with Crippen LogP contribution in [0.1, 0.15) is 39.5 Å². The van der Waals surface area contributed by atoms with Crippen LogP contribution in [0.15, 0.2) is 0 Å². The van der Waals surface area contributed by atoms with Crippen LogP contribution in [0.2, 0.25) is 0 Å². The van der Waals surface area contributed by atoms with Crippen LogP contribution in [0.25, 0.3) is 0 Å². The summed E-state index contributed by atoms with van der Waals surface area (Å²) < 4.78 is 0. The SMILES string of the molecule is C[C-]1CCC(C)CC1.[Br-].[Mg+2]. The molecule has 1 saturated carbocycles. The predicted molar refractivity (Wildman–Crippen MR) is 42.3 cm³/mol. The van der Waals surface area contributed by atoms with Gasteiger partial charge in [0.1, 0.15) is 0 Å². The summed E-state index contributed by atoms with van der Waals surface area (Å²) in [5.74, 6) is 2.71. The average molecular weight is 215 g/mol. The van der Waals surface area contributed by atoms with E-state index in [0.717, 1.165) is 5.92 Å². The summed E-state index contributed by atoms with van der Waals surface area (Å²) >= 11 is 0. The topological polar surface area (TPSA) is 0 Å². The van der Waals surface area contributed by atoms with Crippen LogP contribution >= 0.6 is 0 Å². The van der Waals surface area contributed by atoms with Crippen molar-refractivity contribution in [3.63, 3.8) is 0 Å². The number of hydrogen-bond acceptors (Lipinski definition) is 0. The fourth-order valence-corrected chi connectivity index (χ4v) is 1.25. The summed E-state index contributed by atoms with van der Waals surface area (Å²) in [6.45, 7) is 4.64. The van der Waals surface area contributed by atoms with Crippen molar-refractivity contribution in [1.82, 2.24) is 0 Å². The van der Waals surface area contributed by atoms with Gasteiger partial charge < -0.3 is 22.9 Å². The fourth-order valence-electron chi connectivity index (χ4n) is 1.25. The quantitative estimate of drug-likeness (QED) is 0.374. The third-order valence-electron chi connectivity index (χ3n) is 2.13. The van der Waals surface area contributed by atoms with Crippen molar-refractivity contribution >= 4 is 23.1 Å². The Morgan fingerprint density at radius 1 is 1.20 bits per heavy atom. The summed E-state index contributed by atoms with van der Waals surface area (Å²) in [6, 6.07) is 0. The molecule has 0 nitrogen and oxygen atoms in total. The maximum atomic E-state index is 2.35. The first-order valence-electron chi connectivity index (χ1n) is 3.60. The van der Waals surface area contributed by atoms with E-state index in [4.69, 9.17) is 0 Å². The molecule has 0 aromatic carbocycles. The van der Waals surface area contributed by atoms with E-state index in [0.29, 0.717) is 0 Å². The molecule has 0 aromatic heterocycles. The summed E-state index contributed by atoms with van der Waals surface area (Å²) in [7, 11) is 0. The Hall–Kier alpha value is 1.25. The van der Waals surface area contributed by atoms with Crippen molar-refractivity contribution in [2.75, 3.05) is 0 Å². The average Bonchev–Trinajstić information content (AvgIpc) is 1.77. The summed E-state index contributed by atoms with van der Waals surface area (Å²) in [6.07, 6.45) is 5.65. The second-order valence-corrected chi connectivity index (χ2v) is 3.14. The van der Waals surface area contributed by atoms with Crippen molar-refractivity contribution in [2.45, 2.75) is 39.5 Å². The summed E-state index contributed by atoms with van der Waals surface area (Å²) in [5.41, 5.74) is 0. The minimum atomic E-state index is 0. The van der Waals surface area contributed by atoms with E-state index in [9.17, 15) is 0 Å². The number of rotatable bonds is 0. The Balaban J connectivity index is 0. The molecule has 1 aliphatic rings. The summed E-state index contributed by atoms with van der Waals surface area (Å²) in [4.78, 5) is 0. The molecule has 0 bridgehead atoms. The largest absolute Gasteiger partial charge is 2.00 e. The van der Waals surface area contributed by atoms with Gasteiger partial charge >= 0.3 is 23.1 Å². The molecule has 0 N–H and O–H groups in total. The monoisotopic (exact) mass is 214 g/mol. The van der Waals surface area contributed by atoms with Gasteiger partial charge in [-0.2, -0.15) is 19.8 Å². The molecule has 0 atom stereocenters. The second kappa shape index (κ2) is 6.93. The van der Waals surface area contributed by atoms with Gasteiger partial charge in [0, 0.05) is 0 Å². The Bertz CT molecular complexity index is 57.7. The van der Waals surface area contributed by atoms with Gasteiger partial charge in [0.2, 0.25) is 0 Å². The Morgan fingerprint density at radius 2 is 1.60 bits per heavy atom. The van der Waals surface area contributed by atoms with Crippen molar-refractivity contribution in [3.05, 3.63) is 5.92 Å². The molecule has 10 heavy (non-hydrogen) atoms.